The van der Waals surface area contributed by atoms with Crippen molar-refractivity contribution in [2.24, 2.45) is 5.92 Å². The van der Waals surface area contributed by atoms with Crippen molar-refractivity contribution in [3.8, 4) is 0 Å². The first-order valence-electron chi connectivity index (χ1n) is 7.15. The molecule has 0 unspecified atom stereocenters. The molecule has 1 N–H and O–H groups in total. The number of ether oxygens (including phenoxy) is 1. The zero-order chi connectivity index (χ0) is 14.7. The van der Waals surface area contributed by atoms with E-state index in [0.29, 0.717) is 30.3 Å². The average molecular weight is 300 g/mol. The van der Waals surface area contributed by atoms with Crippen LogP contribution in [0.15, 0.2) is 11.0 Å². The van der Waals surface area contributed by atoms with Crippen LogP contribution in [0.5, 0.6) is 0 Å². The maximum absolute atomic E-state index is 12.1. The summed E-state index contributed by atoms with van der Waals surface area (Å²) in [6.45, 7) is 7.39. The summed E-state index contributed by atoms with van der Waals surface area (Å²) in [6, 6.07) is 0.311. The number of hydrogen-bond acceptors (Lipinski definition) is 4. The van der Waals surface area contributed by atoms with E-state index >= 15 is 0 Å². The van der Waals surface area contributed by atoms with Gasteiger partial charge in [-0.05, 0) is 25.7 Å². The van der Waals surface area contributed by atoms with E-state index in [2.05, 4.69) is 10.4 Å². The molecule has 0 saturated heterocycles. The van der Waals surface area contributed by atoms with Gasteiger partial charge in [-0.15, -0.1) is 0 Å². The molecule has 1 aliphatic rings. The van der Waals surface area contributed by atoms with Crippen molar-refractivity contribution in [3.05, 3.63) is 21.6 Å². The van der Waals surface area contributed by atoms with Gasteiger partial charge in [0.05, 0.1) is 18.0 Å². The molecule has 6 heteroatoms. The van der Waals surface area contributed by atoms with Crippen LogP contribution in [0.4, 0.5) is 5.69 Å². The van der Waals surface area contributed by atoms with Crippen LogP contribution in [0.3, 0.4) is 0 Å². The van der Waals surface area contributed by atoms with Crippen LogP contribution in [0.25, 0.3) is 0 Å². The van der Waals surface area contributed by atoms with Crippen LogP contribution in [0.1, 0.15) is 33.6 Å². The van der Waals surface area contributed by atoms with E-state index < -0.39 is 0 Å². The molecule has 0 aliphatic heterocycles. The minimum Gasteiger partial charge on any atom is -0.379 e. The van der Waals surface area contributed by atoms with Crippen molar-refractivity contribution < 1.29 is 4.74 Å². The lowest BCUT2D eigenvalue weighted by molar-refractivity contribution is 0.00298. The normalized spacial score (nSPS) is 21.9. The van der Waals surface area contributed by atoms with E-state index in [4.69, 9.17) is 16.3 Å². The van der Waals surface area contributed by atoms with Crippen molar-refractivity contribution in [1.29, 1.82) is 0 Å². The maximum Gasteiger partial charge on any atom is 0.287 e. The molecule has 112 valence electrons. The Kier molecular flexibility index (Phi) is 5.05. The first kappa shape index (κ1) is 15.3. The maximum atomic E-state index is 12.1. The van der Waals surface area contributed by atoms with E-state index in [1.165, 1.54) is 4.68 Å². The van der Waals surface area contributed by atoms with E-state index in [9.17, 15) is 4.79 Å². The number of hydrogen-bond donors (Lipinski definition) is 1. The Bertz CT molecular complexity index is 510. The summed E-state index contributed by atoms with van der Waals surface area (Å²) in [4.78, 5) is 12.1. The smallest absolute Gasteiger partial charge is 0.287 e. The molecule has 0 bridgehead atoms. The van der Waals surface area contributed by atoms with E-state index in [1.54, 1.807) is 6.20 Å². The molecule has 2 rings (SSSR count). The second kappa shape index (κ2) is 6.59. The lowest BCUT2D eigenvalue weighted by atomic mass is 9.89. The molecular weight excluding hydrogens is 278 g/mol. The Hall–Kier alpha value is -1.07. The molecule has 1 aromatic rings. The summed E-state index contributed by atoms with van der Waals surface area (Å²) in [6.07, 6.45) is 3.85. The number of anilines is 1. The highest BCUT2D eigenvalue weighted by Crippen LogP contribution is 2.28. The van der Waals surface area contributed by atoms with Gasteiger partial charge in [-0.2, -0.15) is 5.10 Å². The van der Waals surface area contributed by atoms with Crippen molar-refractivity contribution in [3.63, 3.8) is 0 Å². The first-order chi connectivity index (χ1) is 9.51. The van der Waals surface area contributed by atoms with Gasteiger partial charge in [0, 0.05) is 19.2 Å². The van der Waals surface area contributed by atoms with Gasteiger partial charge < -0.3 is 10.1 Å². The van der Waals surface area contributed by atoms with Gasteiger partial charge in [-0.3, -0.25) is 4.79 Å². The summed E-state index contributed by atoms with van der Waals surface area (Å²) in [5, 5.41) is 7.66. The fourth-order valence-electron chi connectivity index (χ4n) is 2.32. The van der Waals surface area contributed by atoms with Gasteiger partial charge in [0.2, 0.25) is 0 Å². The van der Waals surface area contributed by atoms with Gasteiger partial charge in [0.1, 0.15) is 5.02 Å². The van der Waals surface area contributed by atoms with Crippen molar-refractivity contribution in [1.82, 2.24) is 9.78 Å². The van der Waals surface area contributed by atoms with Crippen LogP contribution in [0, 0.1) is 5.92 Å². The Balaban J connectivity index is 2.00. The minimum absolute atomic E-state index is 0.223. The molecule has 1 aromatic heterocycles. The summed E-state index contributed by atoms with van der Waals surface area (Å²) in [5.74, 6) is 0.355. The third-order valence-electron chi connectivity index (χ3n) is 3.38. The van der Waals surface area contributed by atoms with E-state index in [1.807, 2.05) is 20.8 Å². The second-order valence-electron chi connectivity index (χ2n) is 5.64. The Morgan fingerprint density at radius 3 is 2.85 bits per heavy atom. The Labute approximate surface area is 124 Å². The third kappa shape index (κ3) is 3.52. The molecule has 0 aromatic carbocycles. The van der Waals surface area contributed by atoms with Crippen molar-refractivity contribution in [2.45, 2.75) is 52.3 Å². The molecule has 20 heavy (non-hydrogen) atoms. The molecular formula is C14H22ClN3O2. The SMILES string of the molecule is CCOC1CC(Nc2cnn(CC(C)C)c(=O)c2Cl)C1. The molecule has 0 radical (unpaired) electrons. The van der Waals surface area contributed by atoms with Crippen LogP contribution in [0.2, 0.25) is 5.02 Å². The average Bonchev–Trinajstić information content (AvgIpc) is 2.35. The molecule has 1 saturated carbocycles. The summed E-state index contributed by atoms with van der Waals surface area (Å²) in [7, 11) is 0. The number of nitrogens with one attached hydrogen (secondary N) is 1. The fraction of sp³-hybridized carbons (Fsp3) is 0.714. The monoisotopic (exact) mass is 299 g/mol. The fourth-order valence-corrected chi connectivity index (χ4v) is 2.52. The highest BCUT2D eigenvalue weighted by molar-refractivity contribution is 6.32. The van der Waals surface area contributed by atoms with Crippen LogP contribution in [-0.2, 0) is 11.3 Å². The zero-order valence-corrected chi connectivity index (χ0v) is 13.0. The highest BCUT2D eigenvalue weighted by Gasteiger charge is 2.30. The van der Waals surface area contributed by atoms with E-state index in [0.717, 1.165) is 19.4 Å². The van der Waals surface area contributed by atoms with Crippen LogP contribution < -0.4 is 10.9 Å². The molecule has 0 amide bonds. The predicted molar refractivity (Wildman–Crippen MR) is 80.4 cm³/mol. The number of halogens is 1. The number of nitrogens with zero attached hydrogens (tertiary/aromatic N) is 2. The topological polar surface area (TPSA) is 56.1 Å². The first-order valence-corrected chi connectivity index (χ1v) is 7.52. The molecule has 1 aliphatic carbocycles. The standard InChI is InChI=1S/C14H22ClN3O2/c1-4-20-11-5-10(6-11)17-12-7-16-18(8-9(2)3)14(19)13(12)15/h7,9-11,17H,4-6,8H2,1-3H3. The van der Waals surface area contributed by atoms with Gasteiger partial charge in [0.25, 0.3) is 5.56 Å². The molecule has 0 atom stereocenters. The Morgan fingerprint density at radius 2 is 2.25 bits per heavy atom. The van der Waals surface area contributed by atoms with Gasteiger partial charge in [0.15, 0.2) is 0 Å². The van der Waals surface area contributed by atoms with Gasteiger partial charge in [-0.1, -0.05) is 25.4 Å². The highest BCUT2D eigenvalue weighted by atomic mass is 35.5. The summed E-state index contributed by atoms with van der Waals surface area (Å²) in [5.41, 5.74) is 0.391. The molecule has 5 nitrogen and oxygen atoms in total. The van der Waals surface area contributed by atoms with Gasteiger partial charge >= 0.3 is 0 Å². The second-order valence-corrected chi connectivity index (χ2v) is 6.02. The minimum atomic E-state index is -0.231. The van der Waals surface area contributed by atoms with Crippen molar-refractivity contribution in [2.75, 3.05) is 11.9 Å². The lowest BCUT2D eigenvalue weighted by Crippen LogP contribution is -2.41. The summed E-state index contributed by atoms with van der Waals surface area (Å²) < 4.78 is 6.93. The van der Waals surface area contributed by atoms with Crippen LogP contribution in [-0.4, -0.2) is 28.5 Å². The zero-order valence-electron chi connectivity index (χ0n) is 12.2. The molecule has 1 heterocycles. The van der Waals surface area contributed by atoms with Crippen LogP contribution >= 0.6 is 11.6 Å². The molecule has 0 spiro atoms. The van der Waals surface area contributed by atoms with E-state index in [-0.39, 0.29) is 10.6 Å². The lowest BCUT2D eigenvalue weighted by Gasteiger charge is -2.36. The largest absolute Gasteiger partial charge is 0.379 e. The summed E-state index contributed by atoms with van der Waals surface area (Å²) >= 11 is 6.14. The Morgan fingerprint density at radius 1 is 1.55 bits per heavy atom. The van der Waals surface area contributed by atoms with Gasteiger partial charge in [-0.25, -0.2) is 4.68 Å². The molecule has 1 fully saturated rings. The number of aromatic nitrogens is 2. The third-order valence-corrected chi connectivity index (χ3v) is 3.75. The quantitative estimate of drug-likeness (QED) is 0.877. The van der Waals surface area contributed by atoms with Crippen molar-refractivity contribution >= 4 is 17.3 Å². The predicted octanol–water partition coefficient (Wildman–Crippen LogP) is 2.53. The number of rotatable bonds is 6.